The number of aryl methyl sites for hydroxylation is 1. The highest BCUT2D eigenvalue weighted by molar-refractivity contribution is 6.11. The second-order valence-electron chi connectivity index (χ2n) is 9.40. The van der Waals surface area contributed by atoms with Crippen LogP contribution >= 0.6 is 0 Å². The van der Waals surface area contributed by atoms with Crippen molar-refractivity contribution in [2.24, 2.45) is 0 Å². The van der Waals surface area contributed by atoms with Crippen LogP contribution in [-0.4, -0.2) is 29.6 Å². The second-order valence-corrected chi connectivity index (χ2v) is 9.40. The molecule has 2 aromatic rings. The number of carbonyl (C=O) groups is 2. The molecule has 0 saturated carbocycles. The number of hydrogen-bond donors (Lipinski definition) is 1. The Bertz CT molecular complexity index is 1030. The molecule has 0 radical (unpaired) electrons. The van der Waals surface area contributed by atoms with Crippen molar-refractivity contribution in [3.8, 4) is 5.75 Å². The number of ether oxygens (including phenoxy) is 1. The highest BCUT2D eigenvalue weighted by atomic mass is 16.5. The molecule has 1 amide bonds. The fourth-order valence-corrected chi connectivity index (χ4v) is 4.45. The SMILES string of the molecule is C=C(C)CC1(C(=O)O)CCc2ccccc2N1C(=O)c1ccc(C(C)(C)C)c(OC)c1. The fraction of sp³-hybridized carbons (Fsp3) is 0.385. The van der Waals surface area contributed by atoms with Crippen LogP contribution in [0.3, 0.4) is 0 Å². The Labute approximate surface area is 184 Å². The van der Waals surface area contributed by atoms with Crippen LogP contribution in [0.25, 0.3) is 0 Å². The Morgan fingerprint density at radius 2 is 1.87 bits per heavy atom. The Balaban J connectivity index is 2.19. The first kappa shape index (κ1) is 22.6. The zero-order valence-corrected chi connectivity index (χ0v) is 19.0. The van der Waals surface area contributed by atoms with Crippen molar-refractivity contribution >= 4 is 17.6 Å². The molecule has 1 aliphatic heterocycles. The number of carboxylic acid groups (broad SMARTS) is 1. The third-order valence-corrected chi connectivity index (χ3v) is 5.92. The molecular weight excluding hydrogens is 390 g/mol. The van der Waals surface area contributed by atoms with Crippen molar-refractivity contribution in [1.29, 1.82) is 0 Å². The minimum absolute atomic E-state index is 0.157. The van der Waals surface area contributed by atoms with Gasteiger partial charge in [-0.2, -0.15) is 0 Å². The molecule has 0 aliphatic carbocycles. The van der Waals surface area contributed by atoms with Gasteiger partial charge in [-0.05, 0) is 54.5 Å². The largest absolute Gasteiger partial charge is 0.496 e. The molecule has 5 nitrogen and oxygen atoms in total. The van der Waals surface area contributed by atoms with Gasteiger partial charge >= 0.3 is 5.97 Å². The molecule has 3 rings (SSSR count). The second kappa shape index (κ2) is 8.22. The van der Waals surface area contributed by atoms with Gasteiger partial charge in [-0.15, -0.1) is 6.58 Å². The van der Waals surface area contributed by atoms with Gasteiger partial charge in [0.15, 0.2) is 0 Å². The van der Waals surface area contributed by atoms with E-state index in [1.54, 1.807) is 26.2 Å². The average molecular weight is 422 g/mol. The Hall–Kier alpha value is -3.08. The maximum absolute atomic E-state index is 13.9. The van der Waals surface area contributed by atoms with E-state index >= 15 is 0 Å². The topological polar surface area (TPSA) is 66.8 Å². The molecule has 5 heteroatoms. The molecule has 1 heterocycles. The van der Waals surface area contributed by atoms with E-state index in [1.807, 2.05) is 30.3 Å². The quantitative estimate of drug-likeness (QED) is 0.659. The van der Waals surface area contributed by atoms with E-state index in [9.17, 15) is 14.7 Å². The number of rotatable bonds is 5. The summed E-state index contributed by atoms with van der Waals surface area (Å²) in [7, 11) is 1.58. The molecular formula is C26H31NO4. The average Bonchev–Trinajstić information content (AvgIpc) is 2.71. The molecule has 164 valence electrons. The van der Waals surface area contributed by atoms with E-state index in [-0.39, 0.29) is 17.7 Å². The molecule has 1 aliphatic rings. The van der Waals surface area contributed by atoms with Gasteiger partial charge in [-0.25, -0.2) is 4.79 Å². The number of carbonyl (C=O) groups excluding carboxylic acids is 1. The first-order chi connectivity index (χ1) is 14.5. The van der Waals surface area contributed by atoms with E-state index in [1.165, 1.54) is 4.90 Å². The fourth-order valence-electron chi connectivity index (χ4n) is 4.45. The minimum Gasteiger partial charge on any atom is -0.496 e. The summed E-state index contributed by atoms with van der Waals surface area (Å²) < 4.78 is 5.58. The molecule has 0 aromatic heterocycles. The number of fused-ring (bicyclic) bond motifs is 1. The minimum atomic E-state index is -1.38. The monoisotopic (exact) mass is 421 g/mol. The van der Waals surface area contributed by atoms with Crippen LogP contribution < -0.4 is 9.64 Å². The van der Waals surface area contributed by atoms with Crippen molar-refractivity contribution in [3.63, 3.8) is 0 Å². The van der Waals surface area contributed by atoms with E-state index in [4.69, 9.17) is 4.74 Å². The predicted octanol–water partition coefficient (Wildman–Crippen LogP) is 5.38. The Morgan fingerprint density at radius 3 is 2.45 bits per heavy atom. The molecule has 0 bridgehead atoms. The number of hydrogen-bond acceptors (Lipinski definition) is 3. The van der Waals surface area contributed by atoms with Crippen molar-refractivity contribution in [3.05, 3.63) is 71.3 Å². The van der Waals surface area contributed by atoms with Crippen molar-refractivity contribution in [2.45, 2.75) is 57.9 Å². The number of carboxylic acids is 1. The van der Waals surface area contributed by atoms with Crippen LogP contribution in [0, 0.1) is 0 Å². The van der Waals surface area contributed by atoms with Gasteiger partial charge in [-0.1, -0.05) is 50.6 Å². The zero-order valence-electron chi connectivity index (χ0n) is 19.0. The lowest BCUT2D eigenvalue weighted by molar-refractivity contribution is -0.143. The van der Waals surface area contributed by atoms with E-state index in [0.717, 1.165) is 16.7 Å². The summed E-state index contributed by atoms with van der Waals surface area (Å²) in [4.78, 5) is 28.0. The normalized spacial score (nSPS) is 18.3. The zero-order chi connectivity index (χ0) is 23.0. The van der Waals surface area contributed by atoms with Crippen LogP contribution in [0.4, 0.5) is 5.69 Å². The van der Waals surface area contributed by atoms with Crippen LogP contribution in [0.5, 0.6) is 5.75 Å². The van der Waals surface area contributed by atoms with E-state index < -0.39 is 11.5 Å². The summed E-state index contributed by atoms with van der Waals surface area (Å²) in [5.74, 6) is -0.754. The lowest BCUT2D eigenvalue weighted by atomic mass is 9.79. The van der Waals surface area contributed by atoms with Gasteiger partial charge in [0.2, 0.25) is 0 Å². The van der Waals surface area contributed by atoms with Crippen LogP contribution in [-0.2, 0) is 16.6 Å². The summed E-state index contributed by atoms with van der Waals surface area (Å²) in [6, 6.07) is 12.9. The summed E-state index contributed by atoms with van der Waals surface area (Å²) in [5, 5.41) is 10.3. The molecule has 2 aromatic carbocycles. The smallest absolute Gasteiger partial charge is 0.330 e. The first-order valence-corrected chi connectivity index (χ1v) is 10.5. The number of amides is 1. The lowest BCUT2D eigenvalue weighted by Gasteiger charge is -2.45. The number of nitrogens with zero attached hydrogens (tertiary/aromatic N) is 1. The van der Waals surface area contributed by atoms with Gasteiger partial charge in [0.1, 0.15) is 11.3 Å². The van der Waals surface area contributed by atoms with E-state index in [2.05, 4.69) is 27.4 Å². The molecule has 1 N–H and O–H groups in total. The number of methoxy groups -OCH3 is 1. The number of benzene rings is 2. The number of para-hydroxylation sites is 1. The third-order valence-electron chi connectivity index (χ3n) is 5.92. The number of anilines is 1. The van der Waals surface area contributed by atoms with Crippen molar-refractivity contribution in [2.75, 3.05) is 12.0 Å². The highest BCUT2D eigenvalue weighted by Crippen LogP contribution is 2.42. The van der Waals surface area contributed by atoms with Gasteiger partial charge in [0.25, 0.3) is 5.91 Å². The maximum Gasteiger partial charge on any atom is 0.330 e. The maximum atomic E-state index is 13.9. The molecule has 31 heavy (non-hydrogen) atoms. The lowest BCUT2D eigenvalue weighted by Crippen LogP contribution is -2.60. The summed E-state index contributed by atoms with van der Waals surface area (Å²) in [6.07, 6.45) is 1.11. The van der Waals surface area contributed by atoms with Crippen LogP contribution in [0.1, 0.15) is 62.0 Å². The molecule has 0 saturated heterocycles. The number of aliphatic carboxylic acids is 1. The highest BCUT2D eigenvalue weighted by Gasteiger charge is 2.50. The third kappa shape index (κ3) is 4.09. The summed E-state index contributed by atoms with van der Waals surface area (Å²) in [5.41, 5.74) is 2.17. The Morgan fingerprint density at radius 1 is 1.19 bits per heavy atom. The molecule has 0 spiro atoms. The van der Waals surface area contributed by atoms with Crippen molar-refractivity contribution < 1.29 is 19.4 Å². The predicted molar refractivity (Wildman–Crippen MR) is 123 cm³/mol. The van der Waals surface area contributed by atoms with Gasteiger partial charge in [0, 0.05) is 17.7 Å². The van der Waals surface area contributed by atoms with Crippen LogP contribution in [0.2, 0.25) is 0 Å². The van der Waals surface area contributed by atoms with Gasteiger partial charge in [-0.3, -0.25) is 9.69 Å². The standard InChI is InChI=1S/C26H31NO4/c1-17(2)16-26(24(29)30)14-13-18-9-7-8-10-21(18)27(26)23(28)19-11-12-20(25(3,4)5)22(15-19)31-6/h7-12,15H,1,13-14,16H2,2-6H3,(H,29,30). The summed E-state index contributed by atoms with van der Waals surface area (Å²) in [6.45, 7) is 12.0. The molecule has 0 fully saturated rings. The summed E-state index contributed by atoms with van der Waals surface area (Å²) >= 11 is 0. The van der Waals surface area contributed by atoms with Crippen LogP contribution in [0.15, 0.2) is 54.6 Å². The van der Waals surface area contributed by atoms with Gasteiger partial charge in [0.05, 0.1) is 7.11 Å². The van der Waals surface area contributed by atoms with Gasteiger partial charge < -0.3 is 9.84 Å². The first-order valence-electron chi connectivity index (χ1n) is 10.5. The van der Waals surface area contributed by atoms with E-state index in [0.29, 0.717) is 29.8 Å². The Kier molecular flexibility index (Phi) is 5.99. The molecule has 1 unspecified atom stereocenters. The molecule has 1 atom stereocenters. The van der Waals surface area contributed by atoms with Crippen molar-refractivity contribution in [1.82, 2.24) is 0 Å².